The van der Waals surface area contributed by atoms with Crippen LogP contribution in [-0.2, 0) is 6.54 Å². The van der Waals surface area contributed by atoms with Gasteiger partial charge < -0.3 is 9.88 Å². The van der Waals surface area contributed by atoms with E-state index in [0.29, 0.717) is 5.92 Å². The summed E-state index contributed by atoms with van der Waals surface area (Å²) in [7, 11) is 1.96. The van der Waals surface area contributed by atoms with Crippen LogP contribution in [0, 0.1) is 0 Å². The standard InChI is InChI=1S/C13H21N5S/c1-5-7-18-8-6-15-13(18)11(14-4)12-10(9(2)3)16-17-19-12/h6,8-9,11,14H,5,7H2,1-4H3. The summed E-state index contributed by atoms with van der Waals surface area (Å²) in [4.78, 5) is 5.68. The number of imidazole rings is 1. The average molecular weight is 279 g/mol. The minimum Gasteiger partial charge on any atom is -0.333 e. The van der Waals surface area contributed by atoms with Gasteiger partial charge in [0.1, 0.15) is 11.9 Å². The van der Waals surface area contributed by atoms with Crippen molar-refractivity contribution in [3.8, 4) is 0 Å². The lowest BCUT2D eigenvalue weighted by Gasteiger charge is -2.17. The van der Waals surface area contributed by atoms with Crippen molar-refractivity contribution in [2.24, 2.45) is 0 Å². The fourth-order valence-corrected chi connectivity index (χ4v) is 3.11. The van der Waals surface area contributed by atoms with E-state index in [9.17, 15) is 0 Å². The van der Waals surface area contributed by atoms with Gasteiger partial charge in [0.2, 0.25) is 0 Å². The highest BCUT2D eigenvalue weighted by Crippen LogP contribution is 2.29. The molecule has 0 aliphatic rings. The quantitative estimate of drug-likeness (QED) is 0.883. The van der Waals surface area contributed by atoms with E-state index in [1.54, 1.807) is 0 Å². The van der Waals surface area contributed by atoms with Gasteiger partial charge in [-0.3, -0.25) is 0 Å². The van der Waals surface area contributed by atoms with Gasteiger partial charge >= 0.3 is 0 Å². The first-order valence-electron chi connectivity index (χ1n) is 6.69. The Morgan fingerprint density at radius 1 is 1.42 bits per heavy atom. The molecule has 2 heterocycles. The monoisotopic (exact) mass is 279 g/mol. The van der Waals surface area contributed by atoms with Crippen molar-refractivity contribution in [3.63, 3.8) is 0 Å². The van der Waals surface area contributed by atoms with Crippen LogP contribution in [0.2, 0.25) is 0 Å². The predicted octanol–water partition coefficient (Wildman–Crippen LogP) is 2.58. The third kappa shape index (κ3) is 2.84. The van der Waals surface area contributed by atoms with Gasteiger partial charge in [0.25, 0.3) is 0 Å². The van der Waals surface area contributed by atoms with Crippen molar-refractivity contribution in [1.29, 1.82) is 0 Å². The van der Waals surface area contributed by atoms with E-state index >= 15 is 0 Å². The van der Waals surface area contributed by atoms with Crippen LogP contribution in [-0.4, -0.2) is 26.2 Å². The molecule has 5 nitrogen and oxygen atoms in total. The molecule has 0 bridgehead atoms. The van der Waals surface area contributed by atoms with Crippen molar-refractivity contribution in [3.05, 3.63) is 28.8 Å². The Morgan fingerprint density at radius 2 is 2.21 bits per heavy atom. The number of rotatable bonds is 6. The van der Waals surface area contributed by atoms with E-state index in [1.165, 1.54) is 16.4 Å². The molecular formula is C13H21N5S. The van der Waals surface area contributed by atoms with Crippen molar-refractivity contribution >= 4 is 11.5 Å². The predicted molar refractivity (Wildman–Crippen MR) is 77.4 cm³/mol. The third-order valence-corrected chi connectivity index (χ3v) is 3.91. The normalized spacial score (nSPS) is 13.1. The molecule has 2 rings (SSSR count). The van der Waals surface area contributed by atoms with Gasteiger partial charge in [0.05, 0.1) is 10.6 Å². The van der Waals surface area contributed by atoms with Crippen LogP contribution < -0.4 is 5.32 Å². The molecule has 0 amide bonds. The number of aryl methyl sites for hydroxylation is 1. The summed E-state index contributed by atoms with van der Waals surface area (Å²) >= 11 is 1.46. The van der Waals surface area contributed by atoms with Crippen molar-refractivity contribution < 1.29 is 0 Å². The zero-order valence-electron chi connectivity index (χ0n) is 11.9. The first kappa shape index (κ1) is 14.1. The molecule has 0 saturated heterocycles. The largest absolute Gasteiger partial charge is 0.333 e. The lowest BCUT2D eigenvalue weighted by atomic mass is 10.1. The molecular weight excluding hydrogens is 258 g/mol. The van der Waals surface area contributed by atoms with Crippen LogP contribution in [0.4, 0.5) is 0 Å². The number of hydrogen-bond acceptors (Lipinski definition) is 5. The molecule has 0 fully saturated rings. The van der Waals surface area contributed by atoms with Crippen molar-refractivity contribution in [2.45, 2.75) is 45.7 Å². The summed E-state index contributed by atoms with van der Waals surface area (Å²) in [5, 5.41) is 7.61. The Balaban J connectivity index is 2.38. The first-order valence-corrected chi connectivity index (χ1v) is 7.46. The van der Waals surface area contributed by atoms with Gasteiger partial charge in [0, 0.05) is 18.9 Å². The van der Waals surface area contributed by atoms with Crippen LogP contribution in [0.15, 0.2) is 12.4 Å². The lowest BCUT2D eigenvalue weighted by Crippen LogP contribution is -2.22. The molecule has 1 atom stereocenters. The topological polar surface area (TPSA) is 55.6 Å². The van der Waals surface area contributed by atoms with Crippen LogP contribution >= 0.6 is 11.5 Å². The minimum atomic E-state index is 0.0685. The molecule has 6 heteroatoms. The molecule has 104 valence electrons. The molecule has 0 aromatic carbocycles. The summed E-state index contributed by atoms with van der Waals surface area (Å²) in [6.07, 6.45) is 4.99. The van der Waals surface area contributed by atoms with Crippen molar-refractivity contribution in [1.82, 2.24) is 24.5 Å². The number of aromatic nitrogens is 4. The van der Waals surface area contributed by atoms with E-state index in [2.05, 4.69) is 45.2 Å². The SMILES string of the molecule is CCCn1ccnc1C(NC)c1snnc1C(C)C. The summed E-state index contributed by atoms with van der Waals surface area (Å²) in [6, 6.07) is 0.0685. The van der Waals surface area contributed by atoms with Crippen LogP contribution in [0.5, 0.6) is 0 Å². The Hall–Kier alpha value is -1.27. The van der Waals surface area contributed by atoms with Gasteiger partial charge in [-0.05, 0) is 30.9 Å². The highest BCUT2D eigenvalue weighted by Gasteiger charge is 2.24. The molecule has 1 unspecified atom stereocenters. The highest BCUT2D eigenvalue weighted by molar-refractivity contribution is 7.05. The maximum atomic E-state index is 4.51. The molecule has 0 aliphatic heterocycles. The second kappa shape index (κ2) is 6.25. The second-order valence-electron chi connectivity index (χ2n) is 4.88. The summed E-state index contributed by atoms with van der Waals surface area (Å²) in [6.45, 7) is 7.44. The van der Waals surface area contributed by atoms with E-state index < -0.39 is 0 Å². The summed E-state index contributed by atoms with van der Waals surface area (Å²) in [5.74, 6) is 1.41. The summed E-state index contributed by atoms with van der Waals surface area (Å²) in [5.41, 5.74) is 1.07. The van der Waals surface area contributed by atoms with Crippen LogP contribution in [0.25, 0.3) is 0 Å². The van der Waals surface area contributed by atoms with Crippen LogP contribution in [0.3, 0.4) is 0 Å². The van der Waals surface area contributed by atoms with Gasteiger partial charge in [0.15, 0.2) is 0 Å². The Labute approximate surface area is 118 Å². The molecule has 0 spiro atoms. The zero-order chi connectivity index (χ0) is 13.8. The molecule has 2 aromatic rings. The molecule has 2 aromatic heterocycles. The van der Waals surface area contributed by atoms with Gasteiger partial charge in [-0.1, -0.05) is 25.3 Å². The fraction of sp³-hybridized carbons (Fsp3) is 0.615. The zero-order valence-corrected chi connectivity index (χ0v) is 12.7. The second-order valence-corrected chi connectivity index (χ2v) is 5.66. The third-order valence-electron chi connectivity index (χ3n) is 3.11. The smallest absolute Gasteiger partial charge is 0.131 e. The first-order chi connectivity index (χ1) is 9.19. The lowest BCUT2D eigenvalue weighted by molar-refractivity contribution is 0.567. The number of nitrogens with zero attached hydrogens (tertiary/aromatic N) is 4. The minimum absolute atomic E-state index is 0.0685. The van der Waals surface area contributed by atoms with Gasteiger partial charge in [-0.25, -0.2) is 4.98 Å². The van der Waals surface area contributed by atoms with E-state index in [4.69, 9.17) is 0 Å². The molecule has 0 saturated carbocycles. The fourth-order valence-electron chi connectivity index (χ4n) is 2.19. The van der Waals surface area contributed by atoms with Gasteiger partial charge in [-0.15, -0.1) is 5.10 Å². The maximum Gasteiger partial charge on any atom is 0.131 e. The maximum absolute atomic E-state index is 4.51. The molecule has 0 radical (unpaired) electrons. The molecule has 1 N–H and O–H groups in total. The van der Waals surface area contributed by atoms with E-state index in [1.807, 2.05) is 19.4 Å². The Bertz CT molecular complexity index is 517. The highest BCUT2D eigenvalue weighted by atomic mass is 32.1. The van der Waals surface area contributed by atoms with Gasteiger partial charge in [-0.2, -0.15) is 0 Å². The number of nitrogens with one attached hydrogen (secondary N) is 1. The number of hydrogen-bond donors (Lipinski definition) is 1. The molecule has 0 aliphatic carbocycles. The summed E-state index contributed by atoms with van der Waals surface area (Å²) < 4.78 is 6.31. The Kier molecular flexibility index (Phi) is 4.66. The van der Waals surface area contributed by atoms with E-state index in [0.717, 1.165) is 24.5 Å². The van der Waals surface area contributed by atoms with Crippen LogP contribution in [0.1, 0.15) is 55.5 Å². The Morgan fingerprint density at radius 3 is 2.84 bits per heavy atom. The van der Waals surface area contributed by atoms with E-state index in [-0.39, 0.29) is 6.04 Å². The van der Waals surface area contributed by atoms with Crippen molar-refractivity contribution in [2.75, 3.05) is 7.05 Å². The molecule has 19 heavy (non-hydrogen) atoms. The average Bonchev–Trinajstić information content (AvgIpc) is 3.01.